The normalized spacial score (nSPS) is 24.3. The van der Waals surface area contributed by atoms with E-state index in [9.17, 15) is 8.42 Å². The molecule has 0 spiro atoms. The molecule has 4 nitrogen and oxygen atoms in total. The number of hydrogen-bond acceptors (Lipinski definition) is 3. The first kappa shape index (κ1) is 11.4. The van der Waals surface area contributed by atoms with E-state index in [1.54, 1.807) is 0 Å². The molecule has 0 aromatic heterocycles. The maximum Gasteiger partial charge on any atom is 0.211 e. The highest BCUT2D eigenvalue weighted by molar-refractivity contribution is 7.89. The van der Waals surface area contributed by atoms with Gasteiger partial charge in [0, 0.05) is 19.3 Å². The van der Waals surface area contributed by atoms with Crippen molar-refractivity contribution in [1.82, 2.24) is 4.72 Å². The van der Waals surface area contributed by atoms with Crippen molar-refractivity contribution < 1.29 is 13.2 Å². The molecule has 1 N–H and O–H groups in total. The molecular formula is C10H19NO3S. The van der Waals surface area contributed by atoms with Crippen LogP contribution in [0.3, 0.4) is 0 Å². The van der Waals surface area contributed by atoms with Crippen molar-refractivity contribution in [2.75, 3.05) is 19.0 Å². The quantitative estimate of drug-likeness (QED) is 0.767. The van der Waals surface area contributed by atoms with Crippen LogP contribution >= 0.6 is 0 Å². The Morgan fingerprint density at radius 3 is 2.40 bits per heavy atom. The monoisotopic (exact) mass is 233 g/mol. The van der Waals surface area contributed by atoms with Crippen LogP contribution in [-0.2, 0) is 14.8 Å². The molecule has 2 fully saturated rings. The summed E-state index contributed by atoms with van der Waals surface area (Å²) in [6.45, 7) is 1.58. The van der Waals surface area contributed by atoms with Gasteiger partial charge in [-0.25, -0.2) is 13.1 Å². The Kier molecular flexibility index (Phi) is 3.64. The van der Waals surface area contributed by atoms with Crippen molar-refractivity contribution in [3.63, 3.8) is 0 Å². The first-order chi connectivity index (χ1) is 7.16. The van der Waals surface area contributed by atoms with Gasteiger partial charge in [-0.1, -0.05) is 0 Å². The second-order valence-corrected chi connectivity index (χ2v) is 6.43. The summed E-state index contributed by atoms with van der Waals surface area (Å²) in [7, 11) is -3.01. The first-order valence-corrected chi connectivity index (χ1v) is 7.39. The van der Waals surface area contributed by atoms with E-state index in [1.807, 2.05) is 0 Å². The topological polar surface area (TPSA) is 55.4 Å². The molecule has 2 aliphatic rings. The van der Waals surface area contributed by atoms with E-state index in [0.717, 1.165) is 45.3 Å². The number of ether oxygens (including phenoxy) is 1. The van der Waals surface area contributed by atoms with Gasteiger partial charge in [-0.15, -0.1) is 0 Å². The molecule has 0 aromatic carbocycles. The molecule has 1 aliphatic carbocycles. The van der Waals surface area contributed by atoms with Crippen LogP contribution in [0.2, 0.25) is 0 Å². The lowest BCUT2D eigenvalue weighted by Gasteiger charge is -2.21. The molecule has 0 atom stereocenters. The lowest BCUT2D eigenvalue weighted by molar-refractivity contribution is 0.0655. The number of rotatable bonds is 5. The third-order valence-electron chi connectivity index (χ3n) is 3.06. The Morgan fingerprint density at radius 2 is 1.80 bits per heavy atom. The molecule has 0 radical (unpaired) electrons. The van der Waals surface area contributed by atoms with E-state index in [-0.39, 0.29) is 11.8 Å². The summed E-state index contributed by atoms with van der Waals surface area (Å²) in [4.78, 5) is 0. The smallest absolute Gasteiger partial charge is 0.211 e. The highest BCUT2D eigenvalue weighted by Crippen LogP contribution is 2.22. The van der Waals surface area contributed by atoms with Gasteiger partial charge in [0.2, 0.25) is 10.0 Å². The summed E-state index contributed by atoms with van der Waals surface area (Å²) in [6, 6.07) is 0.240. The highest BCUT2D eigenvalue weighted by atomic mass is 32.2. The molecular weight excluding hydrogens is 214 g/mol. The fourth-order valence-corrected chi connectivity index (χ4v) is 3.38. The Balaban J connectivity index is 1.70. The van der Waals surface area contributed by atoms with Crippen molar-refractivity contribution in [3.05, 3.63) is 0 Å². The van der Waals surface area contributed by atoms with Crippen LogP contribution in [0.5, 0.6) is 0 Å². The van der Waals surface area contributed by atoms with Crippen molar-refractivity contribution in [3.8, 4) is 0 Å². The SMILES string of the molecule is O=S(=O)(CCC1CCOCC1)NC1CC1. The van der Waals surface area contributed by atoms with E-state index in [4.69, 9.17) is 4.74 Å². The predicted molar refractivity (Wildman–Crippen MR) is 58.1 cm³/mol. The molecule has 1 aliphatic heterocycles. The zero-order valence-electron chi connectivity index (χ0n) is 8.94. The fraction of sp³-hybridized carbons (Fsp3) is 1.00. The number of nitrogens with one attached hydrogen (secondary N) is 1. The van der Waals surface area contributed by atoms with Gasteiger partial charge in [0.15, 0.2) is 0 Å². The van der Waals surface area contributed by atoms with Crippen LogP contribution in [-0.4, -0.2) is 33.4 Å². The Hall–Kier alpha value is -0.130. The molecule has 88 valence electrons. The van der Waals surface area contributed by atoms with Crippen LogP contribution in [0.4, 0.5) is 0 Å². The Bertz CT molecular complexity index is 292. The van der Waals surface area contributed by atoms with Crippen LogP contribution < -0.4 is 4.72 Å². The summed E-state index contributed by atoms with van der Waals surface area (Å²) < 4.78 is 31.1. The van der Waals surface area contributed by atoms with E-state index in [0.29, 0.717) is 5.92 Å². The van der Waals surface area contributed by atoms with E-state index in [2.05, 4.69) is 4.72 Å². The van der Waals surface area contributed by atoms with Gasteiger partial charge in [0.1, 0.15) is 0 Å². The summed E-state index contributed by atoms with van der Waals surface area (Å²) in [5.74, 6) is 0.822. The second kappa shape index (κ2) is 4.80. The van der Waals surface area contributed by atoms with Gasteiger partial charge in [0.25, 0.3) is 0 Å². The average Bonchev–Trinajstić information content (AvgIpc) is 3.00. The summed E-state index contributed by atoms with van der Waals surface area (Å²) in [6.07, 6.45) is 4.83. The number of hydrogen-bond donors (Lipinski definition) is 1. The van der Waals surface area contributed by atoms with E-state index >= 15 is 0 Å². The zero-order chi connectivity index (χ0) is 10.7. The van der Waals surface area contributed by atoms with Crippen LogP contribution in [0.1, 0.15) is 32.1 Å². The average molecular weight is 233 g/mol. The van der Waals surface area contributed by atoms with Crippen molar-refractivity contribution in [2.45, 2.75) is 38.1 Å². The fourth-order valence-electron chi connectivity index (χ4n) is 1.87. The van der Waals surface area contributed by atoms with E-state index < -0.39 is 10.0 Å². The molecule has 1 heterocycles. The third-order valence-corrected chi connectivity index (χ3v) is 4.52. The molecule has 1 saturated heterocycles. The van der Waals surface area contributed by atoms with Gasteiger partial charge >= 0.3 is 0 Å². The Labute approximate surface area is 91.4 Å². The highest BCUT2D eigenvalue weighted by Gasteiger charge is 2.27. The molecule has 1 saturated carbocycles. The molecule has 0 amide bonds. The molecule has 2 rings (SSSR count). The summed E-state index contributed by atoms with van der Waals surface area (Å²) >= 11 is 0. The maximum atomic E-state index is 11.6. The van der Waals surface area contributed by atoms with Gasteiger partial charge in [-0.3, -0.25) is 0 Å². The number of sulfonamides is 1. The van der Waals surface area contributed by atoms with Crippen molar-refractivity contribution in [2.24, 2.45) is 5.92 Å². The molecule has 0 unspecified atom stereocenters. The van der Waals surface area contributed by atoms with Gasteiger partial charge in [0.05, 0.1) is 5.75 Å². The minimum Gasteiger partial charge on any atom is -0.381 e. The van der Waals surface area contributed by atoms with Gasteiger partial charge in [-0.05, 0) is 38.0 Å². The molecule has 0 aromatic rings. The lowest BCUT2D eigenvalue weighted by atomic mass is 9.98. The van der Waals surface area contributed by atoms with Gasteiger partial charge in [-0.2, -0.15) is 0 Å². The van der Waals surface area contributed by atoms with Crippen LogP contribution in [0.25, 0.3) is 0 Å². The van der Waals surface area contributed by atoms with E-state index in [1.165, 1.54) is 0 Å². The zero-order valence-corrected chi connectivity index (χ0v) is 9.76. The Morgan fingerprint density at radius 1 is 1.13 bits per heavy atom. The largest absolute Gasteiger partial charge is 0.381 e. The van der Waals surface area contributed by atoms with Crippen LogP contribution in [0, 0.1) is 5.92 Å². The lowest BCUT2D eigenvalue weighted by Crippen LogP contribution is -2.30. The molecule has 0 bridgehead atoms. The maximum absolute atomic E-state index is 11.6. The molecule has 15 heavy (non-hydrogen) atoms. The third kappa shape index (κ3) is 4.09. The van der Waals surface area contributed by atoms with Gasteiger partial charge < -0.3 is 4.74 Å². The minimum atomic E-state index is -3.01. The standard InChI is InChI=1S/C10H19NO3S/c12-15(13,11-10-1-2-10)8-5-9-3-6-14-7-4-9/h9-11H,1-8H2. The van der Waals surface area contributed by atoms with Crippen molar-refractivity contribution >= 4 is 10.0 Å². The van der Waals surface area contributed by atoms with Crippen LogP contribution in [0.15, 0.2) is 0 Å². The summed E-state index contributed by atoms with van der Waals surface area (Å²) in [5, 5.41) is 0. The minimum absolute atomic E-state index is 0.240. The van der Waals surface area contributed by atoms with Crippen molar-refractivity contribution in [1.29, 1.82) is 0 Å². The molecule has 5 heteroatoms. The predicted octanol–water partition coefficient (Wildman–Crippen LogP) is 0.885. The summed E-state index contributed by atoms with van der Waals surface area (Å²) in [5.41, 5.74) is 0. The second-order valence-electron chi connectivity index (χ2n) is 4.56. The first-order valence-electron chi connectivity index (χ1n) is 5.73.